The van der Waals surface area contributed by atoms with Crippen molar-refractivity contribution in [2.24, 2.45) is 5.92 Å². The van der Waals surface area contributed by atoms with Gasteiger partial charge >= 0.3 is 5.97 Å². The van der Waals surface area contributed by atoms with E-state index in [1.54, 1.807) is 45.0 Å². The number of nitrogens with one attached hydrogen (secondary N) is 1. The van der Waals surface area contributed by atoms with Gasteiger partial charge < -0.3 is 29.1 Å². The zero-order chi connectivity index (χ0) is 24.1. The number of para-hydroxylation sites is 2. The number of rotatable bonds is 9. The number of amides is 1. The maximum Gasteiger partial charge on any atom is 0.326 e. The Kier molecular flexibility index (Phi) is 7.22. The molecule has 2 N–H and O–H groups in total. The number of hydrogen-bond acceptors (Lipinski definition) is 7. The minimum Gasteiger partial charge on any atom is -0.493 e. The van der Waals surface area contributed by atoms with Gasteiger partial charge in [0.1, 0.15) is 23.1 Å². The molecular formula is C24H25NO8. The number of fused-ring (bicyclic) bond motifs is 1. The molecule has 1 amide bonds. The van der Waals surface area contributed by atoms with Crippen molar-refractivity contribution >= 4 is 22.8 Å². The van der Waals surface area contributed by atoms with E-state index in [0.717, 1.165) is 0 Å². The average molecular weight is 455 g/mol. The lowest BCUT2D eigenvalue weighted by atomic mass is 10.1. The molecule has 2 aromatic carbocycles. The molecule has 0 fully saturated rings. The van der Waals surface area contributed by atoms with Crippen molar-refractivity contribution in [3.8, 4) is 23.0 Å². The minimum absolute atomic E-state index is 0.0356. The molecule has 1 heterocycles. The van der Waals surface area contributed by atoms with E-state index in [0.29, 0.717) is 11.5 Å². The summed E-state index contributed by atoms with van der Waals surface area (Å²) in [5.74, 6) is -0.542. The van der Waals surface area contributed by atoms with Crippen LogP contribution in [-0.4, -0.2) is 36.7 Å². The first-order valence-corrected chi connectivity index (χ1v) is 10.2. The normalized spacial score (nSPS) is 11.8. The molecule has 0 bridgehead atoms. The van der Waals surface area contributed by atoms with E-state index in [1.807, 2.05) is 0 Å². The van der Waals surface area contributed by atoms with Gasteiger partial charge in [0.05, 0.1) is 12.5 Å². The smallest absolute Gasteiger partial charge is 0.326 e. The summed E-state index contributed by atoms with van der Waals surface area (Å²) in [7, 11) is 1.50. The molecule has 9 nitrogen and oxygen atoms in total. The van der Waals surface area contributed by atoms with Crippen molar-refractivity contribution in [2.75, 3.05) is 13.7 Å². The van der Waals surface area contributed by atoms with Gasteiger partial charge in [-0.05, 0) is 37.1 Å². The standard InChI is InChI=1S/C24H25NO8/c1-13(2)21(24(28)29)25-20(26)12-31-15-9-10-16-19(11-15)32-14(3)23(22(16)27)33-18-8-6-5-7-17(18)30-4/h5-11,13,21H,12H2,1-4H3,(H,25,26)(H,28,29). The van der Waals surface area contributed by atoms with Gasteiger partial charge in [-0.25, -0.2) is 4.79 Å². The summed E-state index contributed by atoms with van der Waals surface area (Å²) in [5.41, 5.74) is -0.112. The second kappa shape index (κ2) is 10.1. The molecule has 0 radical (unpaired) electrons. The van der Waals surface area contributed by atoms with Crippen molar-refractivity contribution in [1.82, 2.24) is 5.32 Å². The second-order valence-electron chi connectivity index (χ2n) is 7.64. The fourth-order valence-corrected chi connectivity index (χ4v) is 3.17. The third-order valence-electron chi connectivity index (χ3n) is 4.89. The van der Waals surface area contributed by atoms with Crippen LogP contribution in [-0.2, 0) is 9.59 Å². The SMILES string of the molecule is COc1ccccc1Oc1c(C)oc2cc(OCC(=O)NC(C(=O)O)C(C)C)ccc2c1=O. The Hall–Kier alpha value is -4.01. The molecule has 33 heavy (non-hydrogen) atoms. The Morgan fingerprint density at radius 2 is 1.82 bits per heavy atom. The van der Waals surface area contributed by atoms with Gasteiger partial charge in [0.2, 0.25) is 11.2 Å². The summed E-state index contributed by atoms with van der Waals surface area (Å²) < 4.78 is 22.3. The van der Waals surface area contributed by atoms with E-state index in [2.05, 4.69) is 5.32 Å². The number of hydrogen-bond donors (Lipinski definition) is 2. The molecule has 1 atom stereocenters. The molecule has 3 rings (SSSR count). The number of methoxy groups -OCH3 is 1. The van der Waals surface area contributed by atoms with Crippen molar-refractivity contribution in [2.45, 2.75) is 26.8 Å². The molecule has 0 aliphatic heterocycles. The van der Waals surface area contributed by atoms with Gasteiger partial charge in [-0.15, -0.1) is 0 Å². The molecule has 0 aliphatic rings. The summed E-state index contributed by atoms with van der Waals surface area (Å²) in [4.78, 5) is 36.3. The summed E-state index contributed by atoms with van der Waals surface area (Å²) in [5, 5.41) is 11.9. The molecule has 0 aliphatic carbocycles. The number of carboxylic acids is 1. The highest BCUT2D eigenvalue weighted by Gasteiger charge is 2.23. The molecule has 174 valence electrons. The summed E-state index contributed by atoms with van der Waals surface area (Å²) in [6, 6.07) is 10.4. The van der Waals surface area contributed by atoms with Crippen LogP contribution >= 0.6 is 0 Å². The predicted octanol–water partition coefficient (Wildman–Crippen LogP) is 3.51. The molecule has 0 spiro atoms. The topological polar surface area (TPSA) is 124 Å². The molecule has 1 unspecified atom stereocenters. The lowest BCUT2D eigenvalue weighted by Crippen LogP contribution is -2.46. The van der Waals surface area contributed by atoms with Crippen LogP contribution in [0, 0.1) is 12.8 Å². The number of benzene rings is 2. The monoisotopic (exact) mass is 455 g/mol. The van der Waals surface area contributed by atoms with E-state index in [4.69, 9.17) is 18.6 Å². The van der Waals surface area contributed by atoms with Crippen molar-refractivity contribution in [3.63, 3.8) is 0 Å². The first kappa shape index (κ1) is 23.6. The number of aliphatic carboxylic acids is 1. The maximum absolute atomic E-state index is 13.0. The third kappa shape index (κ3) is 5.43. The largest absolute Gasteiger partial charge is 0.493 e. The van der Waals surface area contributed by atoms with Crippen molar-refractivity contribution < 1.29 is 33.3 Å². The molecular weight excluding hydrogens is 430 g/mol. The second-order valence-corrected chi connectivity index (χ2v) is 7.64. The van der Waals surface area contributed by atoms with Gasteiger partial charge in [0.15, 0.2) is 18.1 Å². The quantitative estimate of drug-likeness (QED) is 0.502. The first-order valence-electron chi connectivity index (χ1n) is 10.2. The molecule has 9 heteroatoms. The first-order chi connectivity index (χ1) is 15.7. The average Bonchev–Trinajstić information content (AvgIpc) is 2.78. The highest BCUT2D eigenvalue weighted by Crippen LogP contribution is 2.32. The molecule has 0 saturated heterocycles. The molecule has 1 aromatic heterocycles. The van der Waals surface area contributed by atoms with Crippen LogP contribution in [0.15, 0.2) is 51.7 Å². The number of aryl methyl sites for hydroxylation is 1. The summed E-state index contributed by atoms with van der Waals surface area (Å²) >= 11 is 0. The number of carboxylic acid groups (broad SMARTS) is 1. The van der Waals surface area contributed by atoms with E-state index in [-0.39, 0.29) is 46.2 Å². The Labute approximate surface area is 189 Å². The zero-order valence-corrected chi connectivity index (χ0v) is 18.7. The molecule has 0 saturated carbocycles. The van der Waals surface area contributed by atoms with E-state index in [1.165, 1.54) is 25.3 Å². The van der Waals surface area contributed by atoms with Gasteiger partial charge in [0.25, 0.3) is 5.91 Å². The highest BCUT2D eigenvalue weighted by molar-refractivity contribution is 5.85. The lowest BCUT2D eigenvalue weighted by molar-refractivity contribution is -0.143. The minimum atomic E-state index is -1.12. The summed E-state index contributed by atoms with van der Waals surface area (Å²) in [6.07, 6.45) is 0. The molecule has 3 aromatic rings. The van der Waals surface area contributed by atoms with Crippen LogP contribution in [0.4, 0.5) is 0 Å². The number of ether oxygens (including phenoxy) is 3. The van der Waals surface area contributed by atoms with E-state index < -0.39 is 17.9 Å². The Bertz CT molecular complexity index is 1230. The van der Waals surface area contributed by atoms with Gasteiger partial charge in [-0.3, -0.25) is 9.59 Å². The van der Waals surface area contributed by atoms with Crippen LogP contribution in [0.5, 0.6) is 23.0 Å². The van der Waals surface area contributed by atoms with Crippen LogP contribution in [0.2, 0.25) is 0 Å². The van der Waals surface area contributed by atoms with E-state index in [9.17, 15) is 19.5 Å². The summed E-state index contributed by atoms with van der Waals surface area (Å²) in [6.45, 7) is 4.60. The van der Waals surface area contributed by atoms with Crippen LogP contribution in [0.25, 0.3) is 11.0 Å². The Morgan fingerprint density at radius 1 is 1.12 bits per heavy atom. The van der Waals surface area contributed by atoms with Crippen molar-refractivity contribution in [1.29, 1.82) is 0 Å². The Balaban J connectivity index is 1.79. The zero-order valence-electron chi connectivity index (χ0n) is 18.7. The highest BCUT2D eigenvalue weighted by atomic mass is 16.5. The third-order valence-corrected chi connectivity index (χ3v) is 4.89. The van der Waals surface area contributed by atoms with Crippen LogP contribution in [0.3, 0.4) is 0 Å². The fourth-order valence-electron chi connectivity index (χ4n) is 3.17. The number of carbonyl (C=O) groups excluding carboxylic acids is 1. The lowest BCUT2D eigenvalue weighted by Gasteiger charge is -2.18. The number of carbonyl (C=O) groups is 2. The van der Waals surface area contributed by atoms with Gasteiger partial charge in [-0.2, -0.15) is 0 Å². The van der Waals surface area contributed by atoms with Crippen LogP contribution in [0.1, 0.15) is 19.6 Å². The van der Waals surface area contributed by atoms with Crippen molar-refractivity contribution in [3.05, 3.63) is 58.4 Å². The van der Waals surface area contributed by atoms with Gasteiger partial charge in [-0.1, -0.05) is 26.0 Å². The Morgan fingerprint density at radius 3 is 2.45 bits per heavy atom. The maximum atomic E-state index is 13.0. The van der Waals surface area contributed by atoms with Gasteiger partial charge in [0, 0.05) is 6.07 Å². The van der Waals surface area contributed by atoms with E-state index >= 15 is 0 Å². The fraction of sp³-hybridized carbons (Fsp3) is 0.292. The van der Waals surface area contributed by atoms with Crippen LogP contribution < -0.4 is 25.0 Å². The predicted molar refractivity (Wildman–Crippen MR) is 120 cm³/mol.